The van der Waals surface area contributed by atoms with Gasteiger partial charge in [-0.3, -0.25) is 4.79 Å². The number of halogens is 1. The van der Waals surface area contributed by atoms with Crippen molar-refractivity contribution in [2.24, 2.45) is 0 Å². The number of carbonyl (C=O) groups is 1. The van der Waals surface area contributed by atoms with Gasteiger partial charge in [0.25, 0.3) is 5.22 Å². The molecule has 0 spiro atoms. The van der Waals surface area contributed by atoms with Crippen LogP contribution in [0.3, 0.4) is 0 Å². The predicted octanol–water partition coefficient (Wildman–Crippen LogP) is 4.22. The molecule has 1 N–H and O–H groups in total. The van der Waals surface area contributed by atoms with Crippen LogP contribution in [0.5, 0.6) is 0 Å². The normalized spacial score (nSPS) is 10.7. The molecule has 0 aliphatic rings. The van der Waals surface area contributed by atoms with E-state index in [1.54, 1.807) is 13.0 Å². The van der Waals surface area contributed by atoms with Gasteiger partial charge in [-0.1, -0.05) is 35.5 Å². The number of nitrogens with one attached hydrogen (secondary N) is 1. The van der Waals surface area contributed by atoms with E-state index in [1.165, 1.54) is 12.1 Å². The zero-order chi connectivity index (χ0) is 17.8. The topological polar surface area (TPSA) is 68.0 Å². The highest BCUT2D eigenvalue weighted by molar-refractivity contribution is 7.99. The van der Waals surface area contributed by atoms with E-state index < -0.39 is 5.82 Å². The first-order valence-corrected chi connectivity index (χ1v) is 8.59. The predicted molar refractivity (Wildman–Crippen MR) is 95.0 cm³/mol. The third-order valence-corrected chi connectivity index (χ3v) is 4.32. The maximum Gasteiger partial charge on any atom is 0.277 e. The average molecular weight is 357 g/mol. The molecule has 0 aliphatic carbocycles. The zero-order valence-corrected chi connectivity index (χ0v) is 14.6. The summed E-state index contributed by atoms with van der Waals surface area (Å²) in [7, 11) is 0. The van der Waals surface area contributed by atoms with Crippen molar-refractivity contribution in [1.82, 2.24) is 10.2 Å². The van der Waals surface area contributed by atoms with Gasteiger partial charge in [0.2, 0.25) is 11.8 Å². The minimum atomic E-state index is -0.395. The Morgan fingerprint density at radius 3 is 2.68 bits per heavy atom. The van der Waals surface area contributed by atoms with Crippen LogP contribution in [0.2, 0.25) is 0 Å². The molecule has 3 rings (SSSR count). The third-order valence-electron chi connectivity index (χ3n) is 3.51. The van der Waals surface area contributed by atoms with E-state index in [2.05, 4.69) is 15.5 Å². The minimum absolute atomic E-state index is 0.0888. The fourth-order valence-electron chi connectivity index (χ4n) is 2.12. The van der Waals surface area contributed by atoms with Crippen molar-refractivity contribution in [2.75, 3.05) is 11.1 Å². The van der Waals surface area contributed by atoms with Crippen LogP contribution in [0, 0.1) is 19.7 Å². The van der Waals surface area contributed by atoms with Gasteiger partial charge in [-0.15, -0.1) is 10.2 Å². The maximum absolute atomic E-state index is 13.2. The Balaban J connectivity index is 1.59. The summed E-state index contributed by atoms with van der Waals surface area (Å²) in [5.74, 6) is -0.170. The van der Waals surface area contributed by atoms with Gasteiger partial charge in [-0.05, 0) is 43.7 Å². The molecule has 0 radical (unpaired) electrons. The highest BCUT2D eigenvalue weighted by Gasteiger charge is 2.12. The van der Waals surface area contributed by atoms with Gasteiger partial charge in [0.15, 0.2) is 0 Å². The quantitative estimate of drug-likeness (QED) is 0.692. The van der Waals surface area contributed by atoms with Crippen LogP contribution in [0.4, 0.5) is 10.1 Å². The number of nitrogens with zero attached hydrogens (tertiary/aromatic N) is 2. The molecule has 7 heteroatoms. The molecular formula is C18H16FN3O2S. The number of aromatic nitrogens is 2. The van der Waals surface area contributed by atoms with Crippen LogP contribution in [0.15, 0.2) is 52.1 Å². The van der Waals surface area contributed by atoms with Crippen molar-refractivity contribution in [3.63, 3.8) is 0 Å². The van der Waals surface area contributed by atoms with Crippen LogP contribution in [-0.2, 0) is 4.79 Å². The Labute approximate surface area is 148 Å². The van der Waals surface area contributed by atoms with Crippen LogP contribution in [-0.4, -0.2) is 21.9 Å². The van der Waals surface area contributed by atoms with E-state index in [0.29, 0.717) is 16.8 Å². The van der Waals surface area contributed by atoms with Gasteiger partial charge in [0.1, 0.15) is 5.82 Å². The number of anilines is 1. The average Bonchev–Trinajstić information content (AvgIpc) is 3.06. The van der Waals surface area contributed by atoms with Crippen molar-refractivity contribution < 1.29 is 13.6 Å². The van der Waals surface area contributed by atoms with Gasteiger partial charge in [0.05, 0.1) is 5.75 Å². The summed E-state index contributed by atoms with van der Waals surface area (Å²) >= 11 is 1.13. The Bertz CT molecular complexity index is 894. The molecule has 0 bridgehead atoms. The molecule has 3 aromatic rings. The second kappa shape index (κ2) is 7.48. The zero-order valence-electron chi connectivity index (χ0n) is 13.7. The fourth-order valence-corrected chi connectivity index (χ4v) is 2.69. The lowest BCUT2D eigenvalue weighted by molar-refractivity contribution is -0.113. The highest BCUT2D eigenvalue weighted by atomic mass is 32.2. The van der Waals surface area contributed by atoms with Crippen LogP contribution < -0.4 is 5.32 Å². The van der Waals surface area contributed by atoms with Gasteiger partial charge < -0.3 is 9.73 Å². The molecule has 0 fully saturated rings. The smallest absolute Gasteiger partial charge is 0.277 e. The first-order valence-electron chi connectivity index (χ1n) is 7.60. The minimum Gasteiger partial charge on any atom is -0.411 e. The molecule has 1 heterocycles. The van der Waals surface area contributed by atoms with Crippen LogP contribution in [0.1, 0.15) is 11.1 Å². The van der Waals surface area contributed by atoms with Crippen LogP contribution >= 0.6 is 11.8 Å². The molecule has 5 nitrogen and oxygen atoms in total. The number of hydrogen-bond acceptors (Lipinski definition) is 5. The Morgan fingerprint density at radius 2 is 1.92 bits per heavy atom. The SMILES string of the molecule is Cc1ccc(-c2nnc(SCC(=O)Nc3cc(F)ccc3C)o2)cc1. The summed E-state index contributed by atoms with van der Waals surface area (Å²) < 4.78 is 18.8. The first-order chi connectivity index (χ1) is 12.0. The molecule has 0 saturated carbocycles. The summed E-state index contributed by atoms with van der Waals surface area (Å²) in [6.07, 6.45) is 0. The number of carbonyl (C=O) groups excluding carboxylic acids is 1. The molecule has 0 saturated heterocycles. The van der Waals surface area contributed by atoms with Crippen molar-refractivity contribution >= 4 is 23.4 Å². The number of hydrogen-bond donors (Lipinski definition) is 1. The standard InChI is InChI=1S/C18H16FN3O2S/c1-11-3-6-13(7-4-11)17-21-22-18(24-17)25-10-16(23)20-15-9-14(19)8-5-12(15)2/h3-9H,10H2,1-2H3,(H,20,23). The molecular weight excluding hydrogens is 341 g/mol. The van der Waals surface area contributed by atoms with E-state index in [9.17, 15) is 9.18 Å². The summed E-state index contributed by atoms with van der Waals surface area (Å²) in [6.45, 7) is 3.80. The first kappa shape index (κ1) is 17.2. The summed E-state index contributed by atoms with van der Waals surface area (Å²) in [6, 6.07) is 12.0. The second-order valence-corrected chi connectivity index (χ2v) is 6.46. The monoisotopic (exact) mass is 357 g/mol. The van der Waals surface area contributed by atoms with Gasteiger partial charge in [-0.25, -0.2) is 4.39 Å². The van der Waals surface area contributed by atoms with E-state index >= 15 is 0 Å². The number of thioether (sulfide) groups is 1. The molecule has 128 valence electrons. The fraction of sp³-hybridized carbons (Fsp3) is 0.167. The number of benzene rings is 2. The maximum atomic E-state index is 13.2. The van der Waals surface area contributed by atoms with Gasteiger partial charge >= 0.3 is 0 Å². The van der Waals surface area contributed by atoms with E-state index in [4.69, 9.17) is 4.42 Å². The van der Waals surface area contributed by atoms with E-state index in [-0.39, 0.29) is 11.7 Å². The highest BCUT2D eigenvalue weighted by Crippen LogP contribution is 2.24. The molecule has 0 atom stereocenters. The second-order valence-electron chi connectivity index (χ2n) is 5.54. The van der Waals surface area contributed by atoms with Gasteiger partial charge in [-0.2, -0.15) is 0 Å². The van der Waals surface area contributed by atoms with Gasteiger partial charge in [0, 0.05) is 11.3 Å². The summed E-state index contributed by atoms with van der Waals surface area (Å²) in [5, 5.41) is 10.9. The summed E-state index contributed by atoms with van der Waals surface area (Å²) in [5.41, 5.74) is 3.21. The number of amides is 1. The number of rotatable bonds is 5. The van der Waals surface area contributed by atoms with Crippen LogP contribution in [0.25, 0.3) is 11.5 Å². The van der Waals surface area contributed by atoms with E-state index in [1.807, 2.05) is 31.2 Å². The lowest BCUT2D eigenvalue weighted by atomic mass is 10.1. The molecule has 1 aromatic heterocycles. The molecule has 1 amide bonds. The lowest BCUT2D eigenvalue weighted by Crippen LogP contribution is -2.15. The Kier molecular flexibility index (Phi) is 5.14. The Hall–Kier alpha value is -2.67. The van der Waals surface area contributed by atoms with Crippen molar-refractivity contribution in [2.45, 2.75) is 19.1 Å². The molecule has 25 heavy (non-hydrogen) atoms. The molecule has 2 aromatic carbocycles. The molecule has 0 unspecified atom stereocenters. The van der Waals surface area contributed by atoms with Crippen molar-refractivity contribution in [3.8, 4) is 11.5 Å². The molecule has 0 aliphatic heterocycles. The Morgan fingerprint density at radius 1 is 1.16 bits per heavy atom. The van der Waals surface area contributed by atoms with Crippen molar-refractivity contribution in [3.05, 3.63) is 59.4 Å². The number of aryl methyl sites for hydroxylation is 2. The largest absolute Gasteiger partial charge is 0.411 e. The summed E-state index contributed by atoms with van der Waals surface area (Å²) in [4.78, 5) is 12.0. The van der Waals surface area contributed by atoms with Crippen molar-refractivity contribution in [1.29, 1.82) is 0 Å². The lowest BCUT2D eigenvalue weighted by Gasteiger charge is -2.07. The third kappa shape index (κ3) is 4.45. The van der Waals surface area contributed by atoms with E-state index in [0.717, 1.165) is 28.5 Å².